The highest BCUT2D eigenvalue weighted by Crippen LogP contribution is 2.19. The summed E-state index contributed by atoms with van der Waals surface area (Å²) >= 11 is 5.58. The second-order valence-corrected chi connectivity index (χ2v) is 4.12. The fraction of sp³-hybridized carbons (Fsp3) is 0.273. The first-order valence-electron chi connectivity index (χ1n) is 5.23. The minimum atomic E-state index is -0.558. The maximum absolute atomic E-state index is 12.9. The fourth-order valence-electron chi connectivity index (χ4n) is 1.52. The zero-order chi connectivity index (χ0) is 13.1. The molecule has 0 radical (unpaired) electrons. The van der Waals surface area contributed by atoms with E-state index in [2.05, 4.69) is 10.1 Å². The highest BCUT2D eigenvalue weighted by Gasteiger charge is 2.24. The van der Waals surface area contributed by atoms with Gasteiger partial charge in [0.1, 0.15) is 19.0 Å². The number of nitrogens with zero attached hydrogens (tertiary/aromatic N) is 1. The molecule has 5 nitrogen and oxygen atoms in total. The number of rotatable bonds is 3. The SMILES string of the molecule is O=C(CN1CCOC1=O)Nc1ccc(F)c(Cl)c1. The molecule has 2 amide bonds. The highest BCUT2D eigenvalue weighted by molar-refractivity contribution is 6.31. The van der Waals surface area contributed by atoms with E-state index >= 15 is 0 Å². The van der Waals surface area contributed by atoms with Crippen LogP contribution in [0, 0.1) is 5.82 Å². The minimum Gasteiger partial charge on any atom is -0.448 e. The molecule has 1 aromatic rings. The number of ether oxygens (including phenoxy) is 1. The number of benzene rings is 1. The zero-order valence-electron chi connectivity index (χ0n) is 9.28. The molecule has 1 N–H and O–H groups in total. The molecular weight excluding hydrogens is 263 g/mol. The van der Waals surface area contributed by atoms with E-state index in [1.807, 2.05) is 0 Å². The normalized spacial score (nSPS) is 14.6. The minimum absolute atomic E-state index is 0.0756. The summed E-state index contributed by atoms with van der Waals surface area (Å²) in [4.78, 5) is 24.0. The quantitative estimate of drug-likeness (QED) is 0.914. The van der Waals surface area contributed by atoms with Crippen molar-refractivity contribution in [2.24, 2.45) is 0 Å². The molecule has 18 heavy (non-hydrogen) atoms. The van der Waals surface area contributed by atoms with E-state index in [-0.39, 0.29) is 18.2 Å². The van der Waals surface area contributed by atoms with Crippen LogP contribution >= 0.6 is 11.6 Å². The summed E-state index contributed by atoms with van der Waals surface area (Å²) in [6, 6.07) is 3.85. The molecule has 0 saturated carbocycles. The molecule has 0 aromatic heterocycles. The Balaban J connectivity index is 1.94. The number of hydrogen-bond acceptors (Lipinski definition) is 3. The first-order valence-corrected chi connectivity index (χ1v) is 5.60. The van der Waals surface area contributed by atoms with Gasteiger partial charge in [-0.05, 0) is 18.2 Å². The lowest BCUT2D eigenvalue weighted by molar-refractivity contribution is -0.116. The van der Waals surface area contributed by atoms with Crippen molar-refractivity contribution in [3.8, 4) is 0 Å². The number of carbonyl (C=O) groups is 2. The van der Waals surface area contributed by atoms with Gasteiger partial charge in [-0.25, -0.2) is 9.18 Å². The summed E-state index contributed by atoms with van der Waals surface area (Å²) in [6.45, 7) is 0.568. The van der Waals surface area contributed by atoms with Gasteiger partial charge in [-0.2, -0.15) is 0 Å². The van der Waals surface area contributed by atoms with Crippen LogP contribution in [0.2, 0.25) is 5.02 Å². The van der Waals surface area contributed by atoms with Crippen molar-refractivity contribution in [2.75, 3.05) is 25.0 Å². The van der Waals surface area contributed by atoms with Crippen LogP contribution in [-0.2, 0) is 9.53 Å². The van der Waals surface area contributed by atoms with Gasteiger partial charge < -0.3 is 10.1 Å². The predicted molar refractivity (Wildman–Crippen MR) is 63.0 cm³/mol. The molecule has 0 spiro atoms. The van der Waals surface area contributed by atoms with Crippen LogP contribution < -0.4 is 5.32 Å². The monoisotopic (exact) mass is 272 g/mol. The van der Waals surface area contributed by atoms with Crippen LogP contribution in [0.1, 0.15) is 0 Å². The van der Waals surface area contributed by atoms with E-state index < -0.39 is 17.8 Å². The molecule has 0 atom stereocenters. The third-order valence-corrected chi connectivity index (χ3v) is 2.67. The molecule has 1 heterocycles. The van der Waals surface area contributed by atoms with Crippen molar-refractivity contribution in [2.45, 2.75) is 0 Å². The smallest absolute Gasteiger partial charge is 0.410 e. The Kier molecular flexibility index (Phi) is 3.66. The molecule has 0 bridgehead atoms. The van der Waals surface area contributed by atoms with Crippen molar-refractivity contribution in [1.29, 1.82) is 0 Å². The van der Waals surface area contributed by atoms with E-state index in [0.29, 0.717) is 12.2 Å². The van der Waals surface area contributed by atoms with Crippen LogP contribution in [0.3, 0.4) is 0 Å². The summed E-state index contributed by atoms with van der Waals surface area (Å²) in [7, 11) is 0. The number of halogens is 2. The third kappa shape index (κ3) is 2.89. The van der Waals surface area contributed by atoms with E-state index in [1.54, 1.807) is 0 Å². The van der Waals surface area contributed by atoms with Gasteiger partial charge in [-0.3, -0.25) is 9.69 Å². The summed E-state index contributed by atoms with van der Waals surface area (Å²) in [5.74, 6) is -0.950. The Morgan fingerprint density at radius 2 is 2.33 bits per heavy atom. The van der Waals surface area contributed by atoms with E-state index in [4.69, 9.17) is 11.6 Å². The van der Waals surface area contributed by atoms with Crippen LogP contribution in [0.5, 0.6) is 0 Å². The van der Waals surface area contributed by atoms with Gasteiger partial charge in [-0.15, -0.1) is 0 Å². The summed E-state index contributed by atoms with van der Waals surface area (Å²) < 4.78 is 17.6. The molecule has 1 aromatic carbocycles. The van der Waals surface area contributed by atoms with E-state index in [0.717, 1.165) is 6.07 Å². The average Bonchev–Trinajstić information content (AvgIpc) is 2.70. The van der Waals surface area contributed by atoms with Crippen molar-refractivity contribution >= 4 is 29.3 Å². The van der Waals surface area contributed by atoms with E-state index in [1.165, 1.54) is 17.0 Å². The van der Waals surface area contributed by atoms with Crippen LogP contribution in [0.15, 0.2) is 18.2 Å². The Bertz CT molecular complexity index is 495. The number of nitrogens with one attached hydrogen (secondary N) is 1. The van der Waals surface area contributed by atoms with E-state index in [9.17, 15) is 14.0 Å². The standard InChI is InChI=1S/C11H10ClFN2O3/c12-8-5-7(1-2-9(8)13)14-10(16)6-15-3-4-18-11(15)17/h1-2,5H,3-4,6H2,(H,14,16). The molecule has 0 unspecified atom stereocenters. The number of amides is 2. The predicted octanol–water partition coefficient (Wildman–Crippen LogP) is 1.87. The van der Waals surface area contributed by atoms with Crippen LogP contribution in [-0.4, -0.2) is 36.6 Å². The summed E-state index contributed by atoms with van der Waals surface area (Å²) in [5, 5.41) is 2.44. The Hall–Kier alpha value is -1.82. The number of carbonyl (C=O) groups excluding carboxylic acids is 2. The lowest BCUT2D eigenvalue weighted by Gasteiger charge is -2.12. The van der Waals surface area contributed by atoms with Gasteiger partial charge in [0.2, 0.25) is 5.91 Å². The zero-order valence-corrected chi connectivity index (χ0v) is 10.0. The maximum atomic E-state index is 12.9. The lowest BCUT2D eigenvalue weighted by Crippen LogP contribution is -2.33. The second kappa shape index (κ2) is 5.22. The molecular formula is C11H10ClFN2O3. The Labute approximate surface area is 107 Å². The van der Waals surface area contributed by atoms with Crippen LogP contribution in [0.25, 0.3) is 0 Å². The molecule has 7 heteroatoms. The molecule has 96 valence electrons. The molecule has 1 fully saturated rings. The van der Waals surface area contributed by atoms with Crippen molar-refractivity contribution in [1.82, 2.24) is 4.90 Å². The highest BCUT2D eigenvalue weighted by atomic mass is 35.5. The Morgan fingerprint density at radius 1 is 1.56 bits per heavy atom. The third-order valence-electron chi connectivity index (χ3n) is 2.38. The molecule has 2 rings (SSSR count). The molecule has 1 aliphatic rings. The van der Waals surface area contributed by atoms with Gasteiger partial charge in [0.25, 0.3) is 0 Å². The number of cyclic esters (lactones) is 1. The van der Waals surface area contributed by atoms with Gasteiger partial charge in [0.15, 0.2) is 0 Å². The average molecular weight is 273 g/mol. The van der Waals surface area contributed by atoms with Crippen molar-refractivity contribution in [3.05, 3.63) is 29.0 Å². The second-order valence-electron chi connectivity index (χ2n) is 3.71. The largest absolute Gasteiger partial charge is 0.448 e. The summed E-state index contributed by atoms with van der Waals surface area (Å²) in [5.41, 5.74) is 0.374. The van der Waals surface area contributed by atoms with Gasteiger partial charge in [0.05, 0.1) is 11.6 Å². The van der Waals surface area contributed by atoms with Gasteiger partial charge >= 0.3 is 6.09 Å². The fourth-order valence-corrected chi connectivity index (χ4v) is 1.70. The number of anilines is 1. The first-order chi connectivity index (χ1) is 8.56. The molecule has 1 aliphatic heterocycles. The molecule has 0 aliphatic carbocycles. The van der Waals surface area contributed by atoms with Gasteiger partial charge in [-0.1, -0.05) is 11.6 Å². The topological polar surface area (TPSA) is 58.6 Å². The lowest BCUT2D eigenvalue weighted by atomic mass is 10.3. The number of hydrogen-bond donors (Lipinski definition) is 1. The molecule has 1 saturated heterocycles. The maximum Gasteiger partial charge on any atom is 0.410 e. The first kappa shape index (κ1) is 12.6. The van der Waals surface area contributed by atoms with Crippen molar-refractivity contribution in [3.63, 3.8) is 0 Å². The Morgan fingerprint density at radius 3 is 2.94 bits per heavy atom. The van der Waals surface area contributed by atoms with Crippen molar-refractivity contribution < 1.29 is 18.7 Å². The summed E-state index contributed by atoms with van der Waals surface area (Å²) in [6.07, 6.45) is -0.512. The van der Waals surface area contributed by atoms with Gasteiger partial charge in [0, 0.05) is 5.69 Å². The van der Waals surface area contributed by atoms with Crippen LogP contribution in [0.4, 0.5) is 14.9 Å².